The summed E-state index contributed by atoms with van der Waals surface area (Å²) in [5, 5.41) is 0.102. The van der Waals surface area contributed by atoms with Gasteiger partial charge in [0, 0.05) is 25.5 Å². The van der Waals surface area contributed by atoms with Crippen LogP contribution in [-0.4, -0.2) is 46.5 Å². The third-order valence-corrected chi connectivity index (χ3v) is 5.59. The molecule has 24 heavy (non-hydrogen) atoms. The van der Waals surface area contributed by atoms with E-state index < -0.39 is 10.0 Å². The predicted molar refractivity (Wildman–Crippen MR) is 89.1 cm³/mol. The molecule has 1 atom stereocenters. The predicted octanol–water partition coefficient (Wildman–Crippen LogP) is 1.78. The van der Waals surface area contributed by atoms with E-state index in [0.717, 1.165) is 6.54 Å². The van der Waals surface area contributed by atoms with Crippen molar-refractivity contribution >= 4 is 10.0 Å². The van der Waals surface area contributed by atoms with Gasteiger partial charge < -0.3 is 9.30 Å². The second kappa shape index (κ2) is 6.90. The number of aromatic nitrogens is 3. The summed E-state index contributed by atoms with van der Waals surface area (Å²) in [6, 6.07) is 3.61. The van der Waals surface area contributed by atoms with Crippen LogP contribution in [0.15, 0.2) is 42.1 Å². The zero-order valence-electron chi connectivity index (χ0n) is 13.9. The molecule has 0 bridgehead atoms. The smallest absolute Gasteiger partial charge is 0.262 e. The van der Waals surface area contributed by atoms with Crippen LogP contribution in [0.2, 0.25) is 0 Å². The van der Waals surface area contributed by atoms with Crippen molar-refractivity contribution in [1.29, 1.82) is 0 Å². The van der Waals surface area contributed by atoms with E-state index in [9.17, 15) is 8.42 Å². The second-order valence-electron chi connectivity index (χ2n) is 6.38. The van der Waals surface area contributed by atoms with Crippen LogP contribution in [0.3, 0.4) is 0 Å². The maximum absolute atomic E-state index is 12.7. The highest BCUT2D eigenvalue weighted by atomic mass is 32.2. The Morgan fingerprint density at radius 3 is 2.96 bits per heavy atom. The van der Waals surface area contributed by atoms with Crippen LogP contribution >= 0.6 is 0 Å². The Bertz CT molecular complexity index is 774. The fourth-order valence-electron chi connectivity index (χ4n) is 2.75. The summed E-state index contributed by atoms with van der Waals surface area (Å²) in [5.41, 5.74) is 0. The average molecular weight is 350 g/mol. The summed E-state index contributed by atoms with van der Waals surface area (Å²) in [7, 11) is -3.57. The van der Waals surface area contributed by atoms with Crippen LogP contribution in [0, 0.1) is 5.92 Å². The zero-order valence-corrected chi connectivity index (χ0v) is 14.7. The Kier molecular flexibility index (Phi) is 4.86. The molecule has 2 aromatic rings. The van der Waals surface area contributed by atoms with Gasteiger partial charge in [-0.15, -0.1) is 0 Å². The zero-order chi connectivity index (χ0) is 17.2. The highest BCUT2D eigenvalue weighted by molar-refractivity contribution is 7.89. The van der Waals surface area contributed by atoms with Crippen molar-refractivity contribution in [3.63, 3.8) is 0 Å². The Morgan fingerprint density at radius 1 is 1.42 bits per heavy atom. The normalized spacial score (nSPS) is 19.0. The largest absolute Gasteiger partial charge is 0.487 e. The molecule has 7 nitrogen and oxygen atoms in total. The van der Waals surface area contributed by atoms with Gasteiger partial charge in [0.2, 0.25) is 0 Å². The van der Waals surface area contributed by atoms with Gasteiger partial charge in [-0.05, 0) is 24.5 Å². The van der Waals surface area contributed by atoms with E-state index in [-0.39, 0.29) is 11.1 Å². The highest BCUT2D eigenvalue weighted by Crippen LogP contribution is 2.23. The third-order valence-electron chi connectivity index (χ3n) is 3.83. The van der Waals surface area contributed by atoms with E-state index in [1.54, 1.807) is 31.0 Å². The summed E-state index contributed by atoms with van der Waals surface area (Å²) in [6.07, 6.45) is 6.97. The minimum Gasteiger partial charge on any atom is -0.487 e. The van der Waals surface area contributed by atoms with E-state index >= 15 is 0 Å². The van der Waals surface area contributed by atoms with E-state index in [4.69, 9.17) is 4.74 Å². The number of hydrogen-bond donors (Lipinski definition) is 0. The molecule has 3 rings (SSSR count). The molecule has 1 aliphatic rings. The third kappa shape index (κ3) is 3.76. The molecule has 130 valence electrons. The quantitative estimate of drug-likeness (QED) is 0.793. The summed E-state index contributed by atoms with van der Waals surface area (Å²) >= 11 is 0. The number of pyridine rings is 1. The van der Waals surface area contributed by atoms with Gasteiger partial charge in [-0.1, -0.05) is 13.8 Å². The summed E-state index contributed by atoms with van der Waals surface area (Å²) in [5.74, 6) is 1.08. The Hall–Kier alpha value is -1.93. The SMILES string of the molecule is CC(C)Cn1cnc(S(=O)(=O)N2CC[C@H](Oc3cccnc3)C2)c1. The Morgan fingerprint density at radius 2 is 2.25 bits per heavy atom. The van der Waals surface area contributed by atoms with Crippen molar-refractivity contribution in [2.45, 2.75) is 37.9 Å². The van der Waals surface area contributed by atoms with Gasteiger partial charge in [-0.3, -0.25) is 4.98 Å². The first-order valence-electron chi connectivity index (χ1n) is 8.04. The molecule has 0 amide bonds. The van der Waals surface area contributed by atoms with Gasteiger partial charge in [0.25, 0.3) is 10.0 Å². The fourth-order valence-corrected chi connectivity index (χ4v) is 4.17. The maximum Gasteiger partial charge on any atom is 0.262 e. The molecule has 3 heterocycles. The number of rotatable bonds is 6. The van der Waals surface area contributed by atoms with E-state index in [1.807, 2.05) is 10.6 Å². The van der Waals surface area contributed by atoms with Crippen molar-refractivity contribution in [1.82, 2.24) is 18.8 Å². The van der Waals surface area contributed by atoms with E-state index in [2.05, 4.69) is 23.8 Å². The fraction of sp³-hybridized carbons (Fsp3) is 0.500. The second-order valence-corrected chi connectivity index (χ2v) is 8.27. The van der Waals surface area contributed by atoms with Gasteiger partial charge in [0.1, 0.15) is 11.9 Å². The summed E-state index contributed by atoms with van der Waals surface area (Å²) in [4.78, 5) is 8.08. The highest BCUT2D eigenvalue weighted by Gasteiger charge is 2.35. The van der Waals surface area contributed by atoms with Crippen LogP contribution in [0.25, 0.3) is 0 Å². The minimum absolute atomic E-state index is 0.102. The van der Waals surface area contributed by atoms with E-state index in [0.29, 0.717) is 31.2 Å². The molecular weight excluding hydrogens is 328 g/mol. The number of nitrogens with zero attached hydrogens (tertiary/aromatic N) is 4. The molecule has 0 radical (unpaired) electrons. The number of imidazole rings is 1. The van der Waals surface area contributed by atoms with Gasteiger partial charge >= 0.3 is 0 Å². The van der Waals surface area contributed by atoms with Crippen LogP contribution < -0.4 is 4.74 Å². The Balaban J connectivity index is 1.66. The lowest BCUT2D eigenvalue weighted by Crippen LogP contribution is -2.31. The van der Waals surface area contributed by atoms with Crippen LogP contribution in [0.1, 0.15) is 20.3 Å². The molecule has 0 N–H and O–H groups in total. The van der Waals surface area contributed by atoms with Gasteiger partial charge in [0.15, 0.2) is 5.03 Å². The first-order chi connectivity index (χ1) is 11.4. The maximum atomic E-state index is 12.7. The summed E-state index contributed by atoms with van der Waals surface area (Å²) < 4.78 is 34.5. The molecule has 0 unspecified atom stereocenters. The van der Waals surface area contributed by atoms with Crippen molar-refractivity contribution in [3.05, 3.63) is 37.1 Å². The summed E-state index contributed by atoms with van der Waals surface area (Å²) in [6.45, 7) is 5.66. The van der Waals surface area contributed by atoms with Gasteiger partial charge in [0.05, 0.1) is 19.1 Å². The molecule has 0 aliphatic carbocycles. The lowest BCUT2D eigenvalue weighted by molar-refractivity contribution is 0.214. The van der Waals surface area contributed by atoms with Crippen LogP contribution in [0.4, 0.5) is 0 Å². The molecule has 0 aromatic carbocycles. The minimum atomic E-state index is -3.57. The van der Waals surface area contributed by atoms with Gasteiger partial charge in [-0.25, -0.2) is 13.4 Å². The Labute approximate surface area is 142 Å². The molecule has 1 aliphatic heterocycles. The number of ether oxygens (including phenoxy) is 1. The molecule has 8 heteroatoms. The van der Waals surface area contributed by atoms with Crippen molar-refractivity contribution < 1.29 is 13.2 Å². The molecular formula is C16H22N4O3S. The van der Waals surface area contributed by atoms with E-state index in [1.165, 1.54) is 4.31 Å². The van der Waals surface area contributed by atoms with Crippen LogP contribution in [-0.2, 0) is 16.6 Å². The van der Waals surface area contributed by atoms with Crippen LogP contribution in [0.5, 0.6) is 5.75 Å². The monoisotopic (exact) mass is 350 g/mol. The number of sulfonamides is 1. The lowest BCUT2D eigenvalue weighted by Gasteiger charge is -2.16. The first-order valence-corrected chi connectivity index (χ1v) is 9.48. The first kappa shape index (κ1) is 16.9. The van der Waals surface area contributed by atoms with Crippen molar-refractivity contribution in [2.75, 3.05) is 13.1 Å². The van der Waals surface area contributed by atoms with Crippen molar-refractivity contribution in [3.8, 4) is 5.75 Å². The topological polar surface area (TPSA) is 77.3 Å². The molecule has 0 saturated carbocycles. The molecule has 0 spiro atoms. The molecule has 1 saturated heterocycles. The van der Waals surface area contributed by atoms with Gasteiger partial charge in [-0.2, -0.15) is 4.31 Å². The van der Waals surface area contributed by atoms with Crippen molar-refractivity contribution in [2.24, 2.45) is 5.92 Å². The average Bonchev–Trinajstić information content (AvgIpc) is 3.18. The standard InChI is InChI=1S/C16H22N4O3S/c1-13(2)9-19-11-16(18-12-19)24(21,22)20-7-5-15(10-20)23-14-4-3-6-17-8-14/h3-4,6,8,11-13,15H,5,7,9-10H2,1-2H3/t15-/m0/s1. The number of hydrogen-bond acceptors (Lipinski definition) is 5. The lowest BCUT2D eigenvalue weighted by atomic mass is 10.2. The molecule has 1 fully saturated rings. The molecule has 2 aromatic heterocycles.